The maximum atomic E-state index is 12.1. The number of hydrazine groups is 1. The zero-order valence-electron chi connectivity index (χ0n) is 9.41. The Bertz CT molecular complexity index is 600. The predicted molar refractivity (Wildman–Crippen MR) is 60.6 cm³/mol. The number of nitrogens with zero attached hydrogens (tertiary/aromatic N) is 2. The van der Waals surface area contributed by atoms with Crippen LogP contribution in [0.2, 0.25) is 0 Å². The Kier molecular flexibility index (Phi) is 2.37. The van der Waals surface area contributed by atoms with Gasteiger partial charge in [0.2, 0.25) is 0 Å². The second-order valence-corrected chi connectivity index (χ2v) is 4.15. The van der Waals surface area contributed by atoms with Gasteiger partial charge in [-0.3, -0.25) is 4.74 Å². The number of rotatable bonds is 3. The third-order valence-electron chi connectivity index (χ3n) is 2.77. The average Bonchev–Trinajstić information content (AvgIpc) is 3.18. The Morgan fingerprint density at radius 3 is 2.78 bits per heavy atom. The molecule has 0 radical (unpaired) electrons. The second-order valence-electron chi connectivity index (χ2n) is 4.15. The van der Waals surface area contributed by atoms with Gasteiger partial charge in [-0.05, 0) is 0 Å². The van der Waals surface area contributed by atoms with Gasteiger partial charge in [-0.1, -0.05) is 22.4 Å². The minimum absolute atomic E-state index is 0.0575. The summed E-state index contributed by atoms with van der Waals surface area (Å²) in [5.41, 5.74) is 8.04. The van der Waals surface area contributed by atoms with E-state index in [-0.39, 0.29) is 23.4 Å². The van der Waals surface area contributed by atoms with E-state index in [2.05, 4.69) is 5.43 Å². The third-order valence-corrected chi connectivity index (χ3v) is 2.77. The number of ether oxygens (including phenoxy) is 2. The molecule has 2 aliphatic heterocycles. The molecule has 2 atom stereocenters. The monoisotopic (exact) mass is 252 g/mol. The van der Waals surface area contributed by atoms with Gasteiger partial charge < -0.3 is 15.2 Å². The van der Waals surface area contributed by atoms with Crippen LogP contribution in [0.5, 0.6) is 0 Å². The lowest BCUT2D eigenvalue weighted by Crippen LogP contribution is -2.75. The van der Waals surface area contributed by atoms with Crippen LogP contribution < -0.4 is 31.5 Å². The topological polar surface area (TPSA) is 112 Å². The highest BCUT2D eigenvalue weighted by molar-refractivity contribution is 5.04. The van der Waals surface area contributed by atoms with Gasteiger partial charge in [0.05, 0.1) is 13.2 Å². The molecule has 1 aromatic rings. The van der Waals surface area contributed by atoms with Crippen LogP contribution in [0, 0.1) is 10.4 Å². The number of fused-ring (bicyclic) bond motifs is 1. The van der Waals surface area contributed by atoms with Gasteiger partial charge in [0.15, 0.2) is 0 Å². The lowest BCUT2D eigenvalue weighted by Gasteiger charge is -2.27. The van der Waals surface area contributed by atoms with Gasteiger partial charge >= 0.3 is 11.3 Å². The van der Waals surface area contributed by atoms with E-state index in [1.807, 2.05) is 0 Å². The SMILES string of the molecule is NC1(OCC2CO2)N[N+]([O-])=c2ccccc2=[N+]1[O-]. The van der Waals surface area contributed by atoms with Crippen LogP contribution in [-0.2, 0) is 9.47 Å². The molecule has 2 heterocycles. The molecular weight excluding hydrogens is 240 g/mol. The van der Waals surface area contributed by atoms with Crippen LogP contribution in [-0.4, -0.2) is 25.3 Å². The lowest BCUT2D eigenvalue weighted by molar-refractivity contribution is -0.118. The van der Waals surface area contributed by atoms with E-state index in [0.717, 1.165) is 0 Å². The predicted octanol–water partition coefficient (Wildman–Crippen LogP) is -2.83. The molecule has 0 spiro atoms. The van der Waals surface area contributed by atoms with Crippen LogP contribution in [0.15, 0.2) is 24.3 Å². The average molecular weight is 252 g/mol. The largest absolute Gasteiger partial charge is 0.618 e. The number of hydroxylamine groups is 1. The summed E-state index contributed by atoms with van der Waals surface area (Å²) in [7, 11) is 0. The van der Waals surface area contributed by atoms with Crippen molar-refractivity contribution in [1.82, 2.24) is 15.0 Å². The van der Waals surface area contributed by atoms with Crippen LogP contribution in [0.3, 0.4) is 0 Å². The highest BCUT2D eigenvalue weighted by Crippen LogP contribution is 2.11. The quantitative estimate of drug-likeness (QED) is 0.259. The molecule has 0 amide bonds. The smallest absolute Gasteiger partial charge is 0.473 e. The number of benzene rings is 1. The van der Waals surface area contributed by atoms with Crippen LogP contribution in [0.4, 0.5) is 0 Å². The summed E-state index contributed by atoms with van der Waals surface area (Å²) < 4.78 is 10.6. The Labute approximate surface area is 102 Å². The molecule has 3 N–H and O–H groups in total. The molecule has 3 rings (SSSR count). The maximum absolute atomic E-state index is 12.1. The molecule has 1 fully saturated rings. The molecule has 1 saturated heterocycles. The van der Waals surface area contributed by atoms with Crippen LogP contribution >= 0.6 is 0 Å². The number of nitrogens with two attached hydrogens (primary N) is 1. The van der Waals surface area contributed by atoms with E-state index >= 15 is 0 Å². The molecule has 0 saturated carbocycles. The Hall–Kier alpha value is -1.90. The first-order valence-electron chi connectivity index (χ1n) is 5.46. The first kappa shape index (κ1) is 11.2. The van der Waals surface area contributed by atoms with Crippen molar-refractivity contribution in [2.24, 2.45) is 5.73 Å². The zero-order valence-corrected chi connectivity index (χ0v) is 9.41. The van der Waals surface area contributed by atoms with E-state index < -0.39 is 5.97 Å². The van der Waals surface area contributed by atoms with Gasteiger partial charge in [-0.25, -0.2) is 5.73 Å². The molecule has 2 unspecified atom stereocenters. The Balaban J connectivity index is 2.03. The Morgan fingerprint density at radius 2 is 2.11 bits per heavy atom. The highest BCUT2D eigenvalue weighted by Gasteiger charge is 2.45. The lowest BCUT2D eigenvalue weighted by atomic mass is 10.3. The van der Waals surface area contributed by atoms with E-state index in [1.54, 1.807) is 12.1 Å². The number of epoxide rings is 1. The molecule has 1 aromatic carbocycles. The van der Waals surface area contributed by atoms with Crippen molar-refractivity contribution in [1.29, 1.82) is 0 Å². The summed E-state index contributed by atoms with van der Waals surface area (Å²) in [4.78, 5) is 0.428. The number of para-hydroxylation sites is 2. The zero-order chi connectivity index (χ0) is 12.8. The normalized spacial score (nSPS) is 29.7. The number of hydrogen-bond acceptors (Lipinski definition) is 6. The maximum Gasteiger partial charge on any atom is 0.473 e. The standard InChI is InChI=1S/C10H12N4O4/c11-10(18-6-7-5-17-7)12-14(16)9-4-2-1-3-8(9)13(10)15/h1-4,7,12H,5-6,11H2. The first-order valence-corrected chi connectivity index (χ1v) is 5.46. The molecule has 0 bridgehead atoms. The summed E-state index contributed by atoms with van der Waals surface area (Å²) >= 11 is 0. The second kappa shape index (κ2) is 3.80. The molecule has 18 heavy (non-hydrogen) atoms. The molecule has 96 valence electrons. The van der Waals surface area contributed by atoms with Crippen molar-refractivity contribution in [2.75, 3.05) is 13.2 Å². The molecule has 0 aromatic heterocycles. The van der Waals surface area contributed by atoms with Crippen molar-refractivity contribution in [2.45, 2.75) is 12.1 Å². The fourth-order valence-corrected chi connectivity index (χ4v) is 1.71. The molecule has 8 nitrogen and oxygen atoms in total. The van der Waals surface area contributed by atoms with Crippen molar-refractivity contribution in [3.05, 3.63) is 45.4 Å². The number of hydrogen-bond donors (Lipinski definition) is 2. The van der Waals surface area contributed by atoms with E-state index in [1.165, 1.54) is 12.1 Å². The van der Waals surface area contributed by atoms with Crippen molar-refractivity contribution in [3.63, 3.8) is 0 Å². The summed E-state index contributed by atoms with van der Waals surface area (Å²) in [6.45, 7) is 0.727. The molecule has 0 aliphatic carbocycles. The van der Waals surface area contributed by atoms with Crippen LogP contribution in [0.1, 0.15) is 0 Å². The first-order chi connectivity index (χ1) is 8.60. The summed E-state index contributed by atoms with van der Waals surface area (Å²) in [5, 5.41) is 24.2. The molecule has 2 aliphatic rings. The van der Waals surface area contributed by atoms with Gasteiger partial charge in [-0.2, -0.15) is 0 Å². The van der Waals surface area contributed by atoms with Crippen LogP contribution in [0.25, 0.3) is 0 Å². The van der Waals surface area contributed by atoms with Crippen molar-refractivity contribution in [3.8, 4) is 0 Å². The van der Waals surface area contributed by atoms with Gasteiger partial charge in [0.1, 0.15) is 6.10 Å². The third kappa shape index (κ3) is 1.76. The fourth-order valence-electron chi connectivity index (χ4n) is 1.71. The van der Waals surface area contributed by atoms with Gasteiger partial charge in [0, 0.05) is 12.1 Å². The summed E-state index contributed by atoms with van der Waals surface area (Å²) in [5.74, 6) is -1.91. The van der Waals surface area contributed by atoms with E-state index in [0.29, 0.717) is 16.2 Å². The van der Waals surface area contributed by atoms with E-state index in [9.17, 15) is 10.4 Å². The summed E-state index contributed by atoms with van der Waals surface area (Å²) in [6.07, 6.45) is -0.0575. The highest BCUT2D eigenvalue weighted by atomic mass is 16.7. The minimum atomic E-state index is -1.91. The minimum Gasteiger partial charge on any atom is -0.618 e. The van der Waals surface area contributed by atoms with Gasteiger partial charge in [0.25, 0.3) is 5.36 Å². The van der Waals surface area contributed by atoms with Crippen molar-refractivity contribution < 1.29 is 9.47 Å². The van der Waals surface area contributed by atoms with E-state index in [4.69, 9.17) is 15.2 Å². The fraction of sp³-hybridized carbons (Fsp3) is 0.400. The summed E-state index contributed by atoms with van der Waals surface area (Å²) in [6, 6.07) is 6.32. The Morgan fingerprint density at radius 1 is 1.44 bits per heavy atom. The van der Waals surface area contributed by atoms with Gasteiger partial charge in [-0.15, -0.1) is 4.74 Å². The molecular formula is C10H12N4O4. The number of nitrogens with one attached hydrogen (secondary N) is 1. The van der Waals surface area contributed by atoms with Crippen molar-refractivity contribution >= 4 is 0 Å². The molecule has 8 heteroatoms.